The van der Waals surface area contributed by atoms with Gasteiger partial charge in [0.15, 0.2) is 11.6 Å². The van der Waals surface area contributed by atoms with Crippen molar-refractivity contribution in [2.75, 3.05) is 6.61 Å². The van der Waals surface area contributed by atoms with Gasteiger partial charge < -0.3 is 14.9 Å². The van der Waals surface area contributed by atoms with E-state index in [9.17, 15) is 29.4 Å². The Hall–Kier alpha value is -6.46. The van der Waals surface area contributed by atoms with Crippen molar-refractivity contribution in [3.05, 3.63) is 123 Å². The molecule has 0 saturated heterocycles. The van der Waals surface area contributed by atoms with Crippen LogP contribution in [0.3, 0.4) is 0 Å². The van der Waals surface area contributed by atoms with Crippen molar-refractivity contribution in [2.24, 2.45) is 21.7 Å². The molecular formula is C47H37ClN4O7. The molecule has 6 aromatic rings. The molecular weight excluding hydrogens is 768 g/mol. The number of phenols is 2. The lowest BCUT2D eigenvalue weighted by Crippen LogP contribution is -2.45. The molecule has 2 aromatic heterocycles. The minimum atomic E-state index is -0.771. The number of aromatic nitrogens is 3. The summed E-state index contributed by atoms with van der Waals surface area (Å²) in [5.41, 5.74) is 2.66. The third kappa shape index (κ3) is 5.73. The summed E-state index contributed by atoms with van der Waals surface area (Å²) in [6, 6.07) is 20.4. The highest BCUT2D eigenvalue weighted by molar-refractivity contribution is 6.31. The number of nitrogens with one attached hydrogen (secondary N) is 1. The van der Waals surface area contributed by atoms with Gasteiger partial charge >= 0.3 is 0 Å². The molecule has 3 heterocycles. The predicted octanol–water partition coefficient (Wildman–Crippen LogP) is 8.93. The number of ether oxygens (including phenoxy) is 1. The van der Waals surface area contributed by atoms with Gasteiger partial charge in [-0.1, -0.05) is 68.8 Å². The zero-order valence-corrected chi connectivity index (χ0v) is 33.1. The molecule has 4 aromatic carbocycles. The van der Waals surface area contributed by atoms with Crippen molar-refractivity contribution in [1.82, 2.24) is 15.2 Å². The van der Waals surface area contributed by atoms with Crippen LogP contribution in [0.15, 0.2) is 95.3 Å². The lowest BCUT2D eigenvalue weighted by Gasteiger charge is -2.42. The van der Waals surface area contributed by atoms with Crippen LogP contribution in [0, 0.1) is 16.7 Å². The van der Waals surface area contributed by atoms with Gasteiger partial charge in [0, 0.05) is 79.7 Å². The van der Waals surface area contributed by atoms with Crippen molar-refractivity contribution >= 4 is 62.1 Å². The van der Waals surface area contributed by atoms with Crippen LogP contribution in [0.1, 0.15) is 88.3 Å². The number of allylic oxidation sites excluding steroid dienone is 2. The first kappa shape index (κ1) is 36.9. The Bertz CT molecular complexity index is 2950. The number of ketones is 4. The van der Waals surface area contributed by atoms with Gasteiger partial charge in [-0.15, -0.1) is 0 Å². The Morgan fingerprint density at radius 1 is 0.814 bits per heavy atom. The highest BCUT2D eigenvalue weighted by atomic mass is 35.5. The summed E-state index contributed by atoms with van der Waals surface area (Å²) in [5, 5.41) is 31.7. The topological polar surface area (TPSA) is 172 Å². The number of Topliss-reactive ketones (excluding diaryl/α,β-unsaturated/α-hetero) is 4. The number of nitrogens with zero attached hydrogens (tertiary/aromatic N) is 3. The average Bonchev–Trinajstić information content (AvgIpc) is 3.75. The van der Waals surface area contributed by atoms with Gasteiger partial charge in [0.25, 0.3) is 0 Å². The largest absolute Gasteiger partial charge is 0.507 e. The number of H-pyrrole nitrogens is 1. The van der Waals surface area contributed by atoms with Crippen LogP contribution in [-0.4, -0.2) is 60.8 Å². The first-order valence-electron chi connectivity index (χ1n) is 19.5. The number of aromatic amines is 1. The molecule has 59 heavy (non-hydrogen) atoms. The van der Waals surface area contributed by atoms with Crippen molar-refractivity contribution in [3.8, 4) is 28.5 Å². The summed E-state index contributed by atoms with van der Waals surface area (Å²) < 4.78 is 6.36. The van der Waals surface area contributed by atoms with Crippen LogP contribution in [-0.2, 0) is 11.2 Å². The van der Waals surface area contributed by atoms with E-state index in [0.717, 1.165) is 0 Å². The van der Waals surface area contributed by atoms with Crippen molar-refractivity contribution in [1.29, 1.82) is 0 Å². The maximum absolute atomic E-state index is 14.5. The van der Waals surface area contributed by atoms with E-state index in [-0.39, 0.29) is 87.0 Å². The normalized spacial score (nSPS) is 22.2. The molecule has 10 rings (SSSR count). The number of carbonyl (C=O) groups is 4. The van der Waals surface area contributed by atoms with Crippen LogP contribution < -0.4 is 4.74 Å². The molecule has 0 radical (unpaired) electrons. The Morgan fingerprint density at radius 2 is 1.56 bits per heavy atom. The van der Waals surface area contributed by atoms with Crippen LogP contribution >= 0.6 is 11.6 Å². The molecule has 3 atom stereocenters. The number of halogens is 1. The summed E-state index contributed by atoms with van der Waals surface area (Å²) in [6.07, 6.45) is 2.76. The second kappa shape index (κ2) is 13.0. The van der Waals surface area contributed by atoms with Gasteiger partial charge in [0.1, 0.15) is 34.2 Å². The summed E-state index contributed by atoms with van der Waals surface area (Å²) in [4.78, 5) is 66.6. The lowest BCUT2D eigenvalue weighted by molar-refractivity contribution is -0.124. The van der Waals surface area contributed by atoms with Gasteiger partial charge in [-0.25, -0.2) is 4.98 Å². The molecule has 12 heteroatoms. The van der Waals surface area contributed by atoms with E-state index in [4.69, 9.17) is 26.3 Å². The highest BCUT2D eigenvalue weighted by Crippen LogP contribution is 2.51. The van der Waals surface area contributed by atoms with E-state index in [2.05, 4.69) is 10.2 Å². The first-order valence-corrected chi connectivity index (χ1v) is 19.9. The lowest BCUT2D eigenvalue weighted by atomic mass is 9.61. The van der Waals surface area contributed by atoms with Gasteiger partial charge in [0.2, 0.25) is 5.78 Å². The number of hydrogen-bond donors (Lipinski definition) is 3. The van der Waals surface area contributed by atoms with Crippen LogP contribution in [0.2, 0.25) is 5.02 Å². The standard InChI is InChI=1S/C47H37ClN4O7/c1-46(2)17-30-35(32(53)19-46)34(22-8-10-23(48)11-9-22)38-40(50-30)45(58)28-16-24(12-13-27(28)43(38)56)59-21-47(3)18-31-36(33(54)20-47)37(29-14-15-49-52-29)39-41(51-31)44(57)26-7-5-4-6-25(26)42(39)55/h4-16,34-35,55,57H,17-21H2,1-3H3,(H,49,52). The van der Waals surface area contributed by atoms with Crippen molar-refractivity contribution in [3.63, 3.8) is 0 Å². The predicted molar refractivity (Wildman–Crippen MR) is 222 cm³/mol. The fourth-order valence-corrected chi connectivity index (χ4v) is 9.87. The van der Waals surface area contributed by atoms with Crippen molar-refractivity contribution in [2.45, 2.75) is 52.4 Å². The SMILES string of the molecule is CC1(C)CC(=O)C2C(=NC3=C(C(=O)c4ccc(OCC5(C)CC(=O)c6c(nc7c(O)c8ccccc8c(O)c7c6-c6ccn[nH]6)C5)cc4C3=O)C2c2ccc(Cl)cc2)C1. The number of aromatic hydroxyl groups is 2. The van der Waals surface area contributed by atoms with E-state index in [0.29, 0.717) is 68.2 Å². The number of phenolic OH excluding ortho intramolecular Hbond substituents is 2. The maximum atomic E-state index is 14.5. The molecule has 1 fully saturated rings. The third-order valence-electron chi connectivity index (χ3n) is 12.3. The third-order valence-corrected chi connectivity index (χ3v) is 12.6. The molecule has 3 unspecified atom stereocenters. The maximum Gasteiger partial charge on any atom is 0.212 e. The Balaban J connectivity index is 0.994. The van der Waals surface area contributed by atoms with Gasteiger partial charge in [-0.2, -0.15) is 5.10 Å². The first-order chi connectivity index (χ1) is 28.2. The number of fused-ring (bicyclic) bond motifs is 5. The Kier molecular flexibility index (Phi) is 8.13. The summed E-state index contributed by atoms with van der Waals surface area (Å²) in [7, 11) is 0. The van der Waals surface area contributed by atoms with E-state index >= 15 is 0 Å². The number of aliphatic imine (C=N–C) groups is 1. The highest BCUT2D eigenvalue weighted by Gasteiger charge is 2.50. The van der Waals surface area contributed by atoms with Gasteiger partial charge in [0.05, 0.1) is 29.3 Å². The molecule has 1 saturated carbocycles. The minimum absolute atomic E-state index is 0.0111. The summed E-state index contributed by atoms with van der Waals surface area (Å²) in [6.45, 7) is 5.98. The van der Waals surface area contributed by atoms with E-state index in [1.807, 2.05) is 20.8 Å². The zero-order chi connectivity index (χ0) is 41.1. The van der Waals surface area contributed by atoms with E-state index in [1.54, 1.807) is 79.0 Å². The minimum Gasteiger partial charge on any atom is -0.507 e. The molecule has 3 N–H and O–H groups in total. The molecule has 1 aliphatic heterocycles. The summed E-state index contributed by atoms with van der Waals surface area (Å²) in [5.74, 6) is -2.25. The number of hydrogen-bond acceptors (Lipinski definition) is 10. The fourth-order valence-electron chi connectivity index (χ4n) is 9.75. The average molecular weight is 805 g/mol. The quantitative estimate of drug-likeness (QED) is 0.114. The number of pyridine rings is 1. The number of carbonyl (C=O) groups excluding carboxylic acids is 4. The molecule has 11 nitrogen and oxygen atoms in total. The smallest absolute Gasteiger partial charge is 0.212 e. The molecule has 294 valence electrons. The Morgan fingerprint density at radius 3 is 2.29 bits per heavy atom. The van der Waals surface area contributed by atoms with Crippen LogP contribution in [0.25, 0.3) is 32.9 Å². The van der Waals surface area contributed by atoms with E-state index in [1.165, 1.54) is 0 Å². The molecule has 0 spiro atoms. The number of rotatable bonds is 5. The van der Waals surface area contributed by atoms with Crippen molar-refractivity contribution < 1.29 is 34.1 Å². The fraction of sp³-hybridized carbons (Fsp3) is 0.255. The van der Waals surface area contributed by atoms with Gasteiger partial charge in [-0.05, 0) is 60.2 Å². The van der Waals surface area contributed by atoms with Crippen LogP contribution in [0.4, 0.5) is 0 Å². The molecule has 0 amide bonds. The van der Waals surface area contributed by atoms with Gasteiger partial charge in [-0.3, -0.25) is 29.3 Å². The summed E-state index contributed by atoms with van der Waals surface area (Å²) >= 11 is 6.24. The van der Waals surface area contributed by atoms with Crippen LogP contribution in [0.5, 0.6) is 17.2 Å². The molecule has 4 aliphatic rings. The Labute approximate surface area is 342 Å². The molecule has 3 aliphatic carbocycles. The second-order valence-corrected chi connectivity index (χ2v) is 17.8. The number of benzene rings is 4. The van der Waals surface area contributed by atoms with E-state index < -0.39 is 23.0 Å². The second-order valence-electron chi connectivity index (χ2n) is 17.3. The monoisotopic (exact) mass is 804 g/mol. The molecule has 0 bridgehead atoms. The zero-order valence-electron chi connectivity index (χ0n) is 32.4.